The van der Waals surface area contributed by atoms with Gasteiger partial charge < -0.3 is 5.73 Å². The van der Waals surface area contributed by atoms with Gasteiger partial charge >= 0.3 is 0 Å². The van der Waals surface area contributed by atoms with Crippen LogP contribution in [0, 0.1) is 0 Å². The van der Waals surface area contributed by atoms with Crippen LogP contribution in [0.4, 0.5) is 0 Å². The van der Waals surface area contributed by atoms with Gasteiger partial charge in [-0.3, -0.25) is 0 Å². The molecule has 104 valence electrons. The number of rotatable bonds is 7. The molecule has 8 heteroatoms. The van der Waals surface area contributed by atoms with E-state index in [0.29, 0.717) is 10.3 Å². The zero-order chi connectivity index (χ0) is 13.8. The monoisotopic (exact) mass is 418 g/mol. The number of thiophene rings is 1. The van der Waals surface area contributed by atoms with Crippen LogP contribution in [0.5, 0.6) is 0 Å². The molecule has 0 spiro atoms. The number of nitrogens with two attached hydrogens (primary N) is 1. The average molecular weight is 420 g/mol. The SMILES string of the molecule is CCCCC(CN)NS(=O)(=O)c1cc(Br)sc1Br. The molecule has 1 aromatic rings. The summed E-state index contributed by atoms with van der Waals surface area (Å²) in [6, 6.07) is 1.38. The fraction of sp³-hybridized carbons (Fsp3) is 0.600. The van der Waals surface area contributed by atoms with E-state index in [1.54, 1.807) is 6.07 Å². The Morgan fingerprint density at radius 1 is 1.50 bits per heavy atom. The van der Waals surface area contributed by atoms with Crippen molar-refractivity contribution in [3.05, 3.63) is 13.6 Å². The number of halogens is 2. The third-order valence-electron chi connectivity index (χ3n) is 2.43. The number of hydrogen-bond donors (Lipinski definition) is 2. The minimum atomic E-state index is -3.51. The molecule has 0 amide bonds. The van der Waals surface area contributed by atoms with Gasteiger partial charge in [-0.1, -0.05) is 19.8 Å². The van der Waals surface area contributed by atoms with Crippen LogP contribution in [0.25, 0.3) is 0 Å². The molecule has 1 rings (SSSR count). The summed E-state index contributed by atoms with van der Waals surface area (Å²) in [7, 11) is -3.51. The lowest BCUT2D eigenvalue weighted by Crippen LogP contribution is -2.40. The molecule has 1 aromatic heterocycles. The standard InChI is InChI=1S/C10H16Br2N2O2S2/c1-2-3-4-7(6-13)14-18(15,16)8-5-9(11)17-10(8)12/h5,7,14H,2-4,6,13H2,1H3. The Morgan fingerprint density at radius 2 is 2.17 bits per heavy atom. The first-order chi connectivity index (χ1) is 8.40. The summed E-state index contributed by atoms with van der Waals surface area (Å²) in [4.78, 5) is 0.259. The lowest BCUT2D eigenvalue weighted by atomic mass is 10.1. The van der Waals surface area contributed by atoms with E-state index in [1.165, 1.54) is 11.3 Å². The Hall–Kier alpha value is 0.530. The highest BCUT2D eigenvalue weighted by molar-refractivity contribution is 9.12. The van der Waals surface area contributed by atoms with E-state index in [9.17, 15) is 8.42 Å². The summed E-state index contributed by atoms with van der Waals surface area (Å²) in [6.07, 6.45) is 2.74. The first-order valence-corrected chi connectivity index (χ1v) is 9.46. The molecule has 4 nitrogen and oxygen atoms in total. The first kappa shape index (κ1) is 16.6. The Morgan fingerprint density at radius 3 is 2.61 bits per heavy atom. The predicted octanol–water partition coefficient (Wildman–Crippen LogP) is 3.07. The normalized spacial score (nSPS) is 13.8. The second-order valence-corrected chi connectivity index (χ2v) is 9.32. The second-order valence-electron chi connectivity index (χ2n) is 3.88. The van der Waals surface area contributed by atoms with Crippen molar-refractivity contribution in [3.63, 3.8) is 0 Å². The lowest BCUT2D eigenvalue weighted by molar-refractivity contribution is 0.516. The Balaban J connectivity index is 2.83. The van der Waals surface area contributed by atoms with Gasteiger partial charge in [0.2, 0.25) is 10.0 Å². The van der Waals surface area contributed by atoms with Gasteiger partial charge in [-0.2, -0.15) is 0 Å². The molecule has 0 aliphatic carbocycles. The van der Waals surface area contributed by atoms with E-state index < -0.39 is 10.0 Å². The zero-order valence-electron chi connectivity index (χ0n) is 9.95. The van der Waals surface area contributed by atoms with Gasteiger partial charge in [-0.25, -0.2) is 13.1 Å². The Bertz CT molecular complexity index is 488. The van der Waals surface area contributed by atoms with Crippen molar-refractivity contribution in [1.29, 1.82) is 0 Å². The largest absolute Gasteiger partial charge is 0.329 e. The molecule has 0 saturated heterocycles. The van der Waals surface area contributed by atoms with Gasteiger partial charge in [0.15, 0.2) is 0 Å². The molecule has 1 unspecified atom stereocenters. The van der Waals surface area contributed by atoms with Gasteiger partial charge in [0.1, 0.15) is 4.90 Å². The molecule has 1 heterocycles. The maximum atomic E-state index is 12.2. The van der Waals surface area contributed by atoms with Gasteiger partial charge in [-0.05, 0) is 44.3 Å². The van der Waals surface area contributed by atoms with Crippen LogP contribution in [-0.2, 0) is 10.0 Å². The van der Waals surface area contributed by atoms with Crippen molar-refractivity contribution in [1.82, 2.24) is 4.72 Å². The van der Waals surface area contributed by atoms with Crippen molar-refractivity contribution in [3.8, 4) is 0 Å². The highest BCUT2D eigenvalue weighted by Gasteiger charge is 2.23. The van der Waals surface area contributed by atoms with Crippen LogP contribution >= 0.6 is 43.2 Å². The number of hydrogen-bond acceptors (Lipinski definition) is 4. The van der Waals surface area contributed by atoms with Crippen molar-refractivity contribution < 1.29 is 8.42 Å². The van der Waals surface area contributed by atoms with E-state index in [-0.39, 0.29) is 10.9 Å². The molecular weight excluding hydrogens is 404 g/mol. The predicted molar refractivity (Wildman–Crippen MR) is 82.4 cm³/mol. The third kappa shape index (κ3) is 4.57. The molecule has 0 fully saturated rings. The van der Waals surface area contributed by atoms with Crippen LogP contribution < -0.4 is 10.5 Å². The third-order valence-corrected chi connectivity index (χ3v) is 6.70. The van der Waals surface area contributed by atoms with Crippen LogP contribution in [0.2, 0.25) is 0 Å². The maximum Gasteiger partial charge on any atom is 0.242 e. The second kappa shape index (κ2) is 7.35. The van der Waals surface area contributed by atoms with E-state index in [4.69, 9.17) is 5.73 Å². The molecule has 0 bridgehead atoms. The van der Waals surface area contributed by atoms with Gasteiger partial charge in [0.05, 0.1) is 7.57 Å². The highest BCUT2D eigenvalue weighted by atomic mass is 79.9. The van der Waals surface area contributed by atoms with E-state index in [1.807, 2.05) is 0 Å². The minimum absolute atomic E-state index is 0.208. The Kier molecular flexibility index (Phi) is 6.77. The fourth-order valence-corrected chi connectivity index (χ4v) is 6.56. The van der Waals surface area contributed by atoms with Crippen molar-refractivity contribution in [2.24, 2.45) is 5.73 Å². The molecule has 3 N–H and O–H groups in total. The van der Waals surface area contributed by atoms with Crippen LogP contribution in [0.1, 0.15) is 26.2 Å². The first-order valence-electron chi connectivity index (χ1n) is 5.58. The molecule has 0 aliphatic rings. The summed E-state index contributed by atoms with van der Waals surface area (Å²) < 4.78 is 28.4. The minimum Gasteiger partial charge on any atom is -0.329 e. The van der Waals surface area contributed by atoms with Crippen LogP contribution in [0.15, 0.2) is 18.5 Å². The summed E-state index contributed by atoms with van der Waals surface area (Å²) in [5, 5.41) is 0. The number of sulfonamides is 1. The molecular formula is C10H16Br2N2O2S2. The summed E-state index contributed by atoms with van der Waals surface area (Å²) in [5.74, 6) is 0. The smallest absolute Gasteiger partial charge is 0.242 e. The van der Waals surface area contributed by atoms with Crippen molar-refractivity contribution >= 4 is 53.2 Å². The number of nitrogens with one attached hydrogen (secondary N) is 1. The molecule has 0 saturated carbocycles. The van der Waals surface area contributed by atoms with Crippen LogP contribution in [-0.4, -0.2) is 21.0 Å². The molecule has 0 aromatic carbocycles. The molecule has 18 heavy (non-hydrogen) atoms. The summed E-state index contributed by atoms with van der Waals surface area (Å²) >= 11 is 7.86. The lowest BCUT2D eigenvalue weighted by Gasteiger charge is -2.16. The molecule has 0 radical (unpaired) electrons. The van der Waals surface area contributed by atoms with Crippen LogP contribution in [0.3, 0.4) is 0 Å². The van der Waals surface area contributed by atoms with E-state index >= 15 is 0 Å². The van der Waals surface area contributed by atoms with Gasteiger partial charge in [-0.15, -0.1) is 11.3 Å². The quantitative estimate of drug-likeness (QED) is 0.713. The van der Waals surface area contributed by atoms with E-state index in [2.05, 4.69) is 43.5 Å². The molecule has 0 aliphatic heterocycles. The summed E-state index contributed by atoms with van der Waals surface area (Å²) in [6.45, 7) is 2.37. The fourth-order valence-electron chi connectivity index (χ4n) is 1.47. The number of unbranched alkanes of at least 4 members (excludes halogenated alkanes) is 1. The van der Waals surface area contributed by atoms with Crippen molar-refractivity contribution in [2.75, 3.05) is 6.54 Å². The highest BCUT2D eigenvalue weighted by Crippen LogP contribution is 2.34. The zero-order valence-corrected chi connectivity index (χ0v) is 14.8. The average Bonchev–Trinajstić information content (AvgIpc) is 2.64. The topological polar surface area (TPSA) is 72.2 Å². The van der Waals surface area contributed by atoms with Gasteiger partial charge in [0.25, 0.3) is 0 Å². The van der Waals surface area contributed by atoms with Gasteiger partial charge in [0, 0.05) is 12.6 Å². The van der Waals surface area contributed by atoms with E-state index in [0.717, 1.165) is 23.0 Å². The summed E-state index contributed by atoms with van der Waals surface area (Å²) in [5.41, 5.74) is 5.60. The van der Waals surface area contributed by atoms with Crippen molar-refractivity contribution in [2.45, 2.75) is 37.1 Å². The molecule has 1 atom stereocenters. The Labute approximate surface area is 129 Å². The maximum absolute atomic E-state index is 12.2.